The number of rotatable bonds is 5. The molecule has 0 aromatic heterocycles. The molecular formula is C8H10N2O5S. The number of hydrogen-bond donors (Lipinski definition) is 3. The standard InChI is InChI=1S/C8H10N2O5S/c9-16(13,14)7-4-2-1-3-6(7)10-15-5-8(11)12/h1-4,10H,5H2,(H,11,12)(H2,9,13,14). The van der Waals surface area contributed by atoms with Crippen LogP contribution in [0.1, 0.15) is 0 Å². The molecule has 0 amide bonds. The summed E-state index contributed by atoms with van der Waals surface area (Å²) < 4.78 is 22.2. The SMILES string of the molecule is NS(=O)(=O)c1ccccc1NOCC(=O)O. The minimum absolute atomic E-state index is 0.0891. The van der Waals surface area contributed by atoms with E-state index >= 15 is 0 Å². The molecule has 0 aliphatic rings. The van der Waals surface area contributed by atoms with Crippen molar-refractivity contribution in [2.45, 2.75) is 4.90 Å². The zero-order valence-corrected chi connectivity index (χ0v) is 8.90. The van der Waals surface area contributed by atoms with Gasteiger partial charge in [-0.25, -0.2) is 18.4 Å². The second-order valence-corrected chi connectivity index (χ2v) is 4.36. The highest BCUT2D eigenvalue weighted by Gasteiger charge is 2.13. The number of primary sulfonamides is 1. The first-order valence-electron chi connectivity index (χ1n) is 4.12. The topological polar surface area (TPSA) is 119 Å². The predicted octanol–water partition coefficient (Wildman–Crippen LogP) is -0.238. The summed E-state index contributed by atoms with van der Waals surface area (Å²) in [5, 5.41) is 13.3. The average molecular weight is 246 g/mol. The first-order valence-corrected chi connectivity index (χ1v) is 5.67. The third-order valence-electron chi connectivity index (χ3n) is 1.57. The molecule has 0 atom stereocenters. The van der Waals surface area contributed by atoms with Crippen LogP contribution in [0.15, 0.2) is 29.2 Å². The van der Waals surface area contributed by atoms with Gasteiger partial charge in [-0.2, -0.15) is 0 Å². The van der Waals surface area contributed by atoms with Gasteiger partial charge in [0.15, 0.2) is 6.61 Å². The number of aliphatic carboxylic acids is 1. The second kappa shape index (κ2) is 4.92. The molecule has 1 rings (SSSR count). The Morgan fingerprint density at radius 2 is 2.06 bits per heavy atom. The van der Waals surface area contributed by atoms with E-state index in [9.17, 15) is 13.2 Å². The molecule has 88 valence electrons. The zero-order valence-electron chi connectivity index (χ0n) is 8.08. The summed E-state index contributed by atoms with van der Waals surface area (Å²) >= 11 is 0. The fourth-order valence-corrected chi connectivity index (χ4v) is 1.66. The van der Waals surface area contributed by atoms with Gasteiger partial charge in [-0.1, -0.05) is 12.1 Å². The van der Waals surface area contributed by atoms with Crippen molar-refractivity contribution in [3.8, 4) is 0 Å². The first kappa shape index (κ1) is 12.4. The molecule has 1 aromatic rings. The summed E-state index contributed by atoms with van der Waals surface area (Å²) in [5.41, 5.74) is 2.30. The van der Waals surface area contributed by atoms with E-state index in [1.807, 2.05) is 0 Å². The predicted molar refractivity (Wildman–Crippen MR) is 55.0 cm³/mol. The number of benzene rings is 1. The van der Waals surface area contributed by atoms with Crippen LogP contribution in [0, 0.1) is 0 Å². The summed E-state index contributed by atoms with van der Waals surface area (Å²) in [6.07, 6.45) is 0. The molecule has 0 unspecified atom stereocenters. The molecule has 0 fully saturated rings. The quantitative estimate of drug-likeness (QED) is 0.617. The Kier molecular flexibility index (Phi) is 3.82. The van der Waals surface area contributed by atoms with Crippen LogP contribution in [0.4, 0.5) is 5.69 Å². The summed E-state index contributed by atoms with van der Waals surface area (Å²) in [4.78, 5) is 14.5. The van der Waals surface area contributed by atoms with Gasteiger partial charge in [0.1, 0.15) is 4.90 Å². The minimum Gasteiger partial charge on any atom is -0.479 e. The van der Waals surface area contributed by atoms with E-state index in [2.05, 4.69) is 10.3 Å². The number of carboxylic acids is 1. The van der Waals surface area contributed by atoms with Crippen molar-refractivity contribution in [2.24, 2.45) is 5.14 Å². The van der Waals surface area contributed by atoms with Crippen molar-refractivity contribution in [2.75, 3.05) is 12.1 Å². The number of hydrogen-bond acceptors (Lipinski definition) is 5. The van der Waals surface area contributed by atoms with Gasteiger partial charge < -0.3 is 5.11 Å². The fraction of sp³-hybridized carbons (Fsp3) is 0.125. The van der Waals surface area contributed by atoms with Crippen molar-refractivity contribution in [1.29, 1.82) is 0 Å². The van der Waals surface area contributed by atoms with Crippen molar-refractivity contribution in [3.05, 3.63) is 24.3 Å². The molecule has 7 nitrogen and oxygen atoms in total. The van der Waals surface area contributed by atoms with Gasteiger partial charge in [-0.15, -0.1) is 0 Å². The van der Waals surface area contributed by atoms with Crippen molar-refractivity contribution in [3.63, 3.8) is 0 Å². The third kappa shape index (κ3) is 3.50. The van der Waals surface area contributed by atoms with Crippen molar-refractivity contribution >= 4 is 21.7 Å². The Hall–Kier alpha value is -1.64. The average Bonchev–Trinajstić information content (AvgIpc) is 2.16. The zero-order chi connectivity index (χ0) is 12.2. The Morgan fingerprint density at radius 3 is 2.62 bits per heavy atom. The summed E-state index contributed by atoms with van der Waals surface area (Å²) in [7, 11) is -3.87. The Morgan fingerprint density at radius 1 is 1.44 bits per heavy atom. The number of sulfonamides is 1. The maximum absolute atomic E-state index is 11.1. The van der Waals surface area contributed by atoms with Crippen LogP contribution >= 0.6 is 0 Å². The number of para-hydroxylation sites is 1. The lowest BCUT2D eigenvalue weighted by Gasteiger charge is -2.08. The first-order chi connectivity index (χ1) is 7.41. The van der Waals surface area contributed by atoms with Gasteiger partial charge in [-0.3, -0.25) is 10.3 Å². The van der Waals surface area contributed by atoms with E-state index in [0.29, 0.717) is 0 Å². The fourth-order valence-electron chi connectivity index (χ4n) is 0.975. The molecule has 4 N–H and O–H groups in total. The highest BCUT2D eigenvalue weighted by atomic mass is 32.2. The summed E-state index contributed by atoms with van der Waals surface area (Å²) in [6.45, 7) is -0.598. The summed E-state index contributed by atoms with van der Waals surface area (Å²) in [6, 6.07) is 5.73. The van der Waals surface area contributed by atoms with Crippen molar-refractivity contribution < 1.29 is 23.2 Å². The number of nitrogens with one attached hydrogen (secondary N) is 1. The van der Waals surface area contributed by atoms with E-state index in [0.717, 1.165) is 0 Å². The Labute approximate surface area is 91.8 Å². The molecule has 0 radical (unpaired) electrons. The van der Waals surface area contributed by atoms with Crippen LogP contribution < -0.4 is 10.6 Å². The molecule has 16 heavy (non-hydrogen) atoms. The molecule has 1 aromatic carbocycles. The Bertz CT molecular complexity index is 485. The lowest BCUT2D eigenvalue weighted by Crippen LogP contribution is -2.17. The van der Waals surface area contributed by atoms with Crippen LogP contribution in [-0.2, 0) is 19.7 Å². The van der Waals surface area contributed by atoms with Crippen LogP contribution in [0.25, 0.3) is 0 Å². The molecule has 0 aliphatic carbocycles. The van der Waals surface area contributed by atoms with Crippen LogP contribution in [-0.4, -0.2) is 26.1 Å². The highest BCUT2D eigenvalue weighted by molar-refractivity contribution is 7.89. The van der Waals surface area contributed by atoms with E-state index in [4.69, 9.17) is 10.2 Å². The van der Waals surface area contributed by atoms with Crippen molar-refractivity contribution in [1.82, 2.24) is 0 Å². The molecule has 0 saturated carbocycles. The number of nitrogens with two attached hydrogens (primary N) is 1. The summed E-state index contributed by atoms with van der Waals surface area (Å²) in [5.74, 6) is -1.18. The van der Waals surface area contributed by atoms with E-state index in [-0.39, 0.29) is 10.6 Å². The van der Waals surface area contributed by atoms with E-state index in [1.165, 1.54) is 18.2 Å². The maximum Gasteiger partial charge on any atom is 0.332 e. The number of anilines is 1. The van der Waals surface area contributed by atoms with Gasteiger partial charge in [0.25, 0.3) is 0 Å². The third-order valence-corrected chi connectivity index (χ3v) is 2.54. The maximum atomic E-state index is 11.1. The molecule has 8 heteroatoms. The lowest BCUT2D eigenvalue weighted by molar-refractivity contribution is -0.141. The van der Waals surface area contributed by atoms with Gasteiger partial charge >= 0.3 is 5.97 Å². The molecule has 0 aliphatic heterocycles. The van der Waals surface area contributed by atoms with Gasteiger partial charge in [0, 0.05) is 0 Å². The van der Waals surface area contributed by atoms with Crippen LogP contribution in [0.2, 0.25) is 0 Å². The number of carboxylic acid groups (broad SMARTS) is 1. The highest BCUT2D eigenvalue weighted by Crippen LogP contribution is 2.18. The number of carbonyl (C=O) groups is 1. The van der Waals surface area contributed by atoms with Gasteiger partial charge in [-0.05, 0) is 12.1 Å². The van der Waals surface area contributed by atoms with E-state index < -0.39 is 22.6 Å². The molecular weight excluding hydrogens is 236 g/mol. The monoisotopic (exact) mass is 246 g/mol. The van der Waals surface area contributed by atoms with E-state index in [1.54, 1.807) is 6.07 Å². The molecule has 0 bridgehead atoms. The van der Waals surface area contributed by atoms with Gasteiger partial charge in [0.2, 0.25) is 10.0 Å². The smallest absolute Gasteiger partial charge is 0.332 e. The molecule has 0 spiro atoms. The Balaban J connectivity index is 2.84. The minimum atomic E-state index is -3.87. The largest absolute Gasteiger partial charge is 0.479 e. The molecule has 0 heterocycles. The van der Waals surface area contributed by atoms with Crippen LogP contribution in [0.3, 0.4) is 0 Å². The van der Waals surface area contributed by atoms with Crippen LogP contribution in [0.5, 0.6) is 0 Å². The lowest BCUT2D eigenvalue weighted by atomic mass is 10.3. The normalized spacial score (nSPS) is 11.1. The van der Waals surface area contributed by atoms with Gasteiger partial charge in [0.05, 0.1) is 5.69 Å². The second-order valence-electron chi connectivity index (χ2n) is 2.83. The molecule has 0 saturated heterocycles.